The van der Waals surface area contributed by atoms with Crippen LogP contribution >= 0.6 is 0 Å². The lowest BCUT2D eigenvalue weighted by Gasteiger charge is -2.14. The van der Waals surface area contributed by atoms with E-state index in [1.165, 1.54) is 12.8 Å². The number of allylic oxidation sites excluding steroid dienone is 1. The van der Waals surface area contributed by atoms with Gasteiger partial charge in [-0.05, 0) is 36.3 Å². The summed E-state index contributed by atoms with van der Waals surface area (Å²) in [6.07, 6.45) is 5.42. The van der Waals surface area contributed by atoms with Crippen LogP contribution in [0.15, 0.2) is 29.8 Å². The normalized spacial score (nSPS) is 18.2. The Morgan fingerprint density at radius 1 is 1.19 bits per heavy atom. The molecular formula is C18H21NO2. The van der Waals surface area contributed by atoms with Crippen LogP contribution in [-0.2, 0) is 4.79 Å². The summed E-state index contributed by atoms with van der Waals surface area (Å²) >= 11 is 0. The Hall–Kier alpha value is -1.90. The van der Waals surface area contributed by atoms with Crippen molar-refractivity contribution in [3.05, 3.63) is 41.0 Å². The fourth-order valence-electron chi connectivity index (χ4n) is 3.50. The van der Waals surface area contributed by atoms with Crippen LogP contribution in [0.5, 0.6) is 0 Å². The quantitative estimate of drug-likeness (QED) is 0.861. The Balaban J connectivity index is 2.05. The Morgan fingerprint density at radius 3 is 2.52 bits per heavy atom. The van der Waals surface area contributed by atoms with Gasteiger partial charge in [-0.15, -0.1) is 0 Å². The molecule has 3 heteroatoms. The zero-order chi connectivity index (χ0) is 14.8. The molecule has 0 radical (unpaired) electrons. The number of rotatable bonds is 4. The number of amides is 1. The molecule has 1 N–H and O–H groups in total. The summed E-state index contributed by atoms with van der Waals surface area (Å²) in [5.74, 6) is 0.0704. The van der Waals surface area contributed by atoms with E-state index in [1.54, 1.807) is 0 Å². The van der Waals surface area contributed by atoms with Gasteiger partial charge in [0.2, 0.25) is 0 Å². The van der Waals surface area contributed by atoms with Gasteiger partial charge in [-0.3, -0.25) is 9.59 Å². The average Bonchev–Trinajstić information content (AvgIpc) is 3.11. The number of benzene rings is 1. The lowest BCUT2D eigenvalue weighted by atomic mass is 9.90. The molecule has 21 heavy (non-hydrogen) atoms. The van der Waals surface area contributed by atoms with E-state index >= 15 is 0 Å². The predicted molar refractivity (Wildman–Crippen MR) is 83.0 cm³/mol. The van der Waals surface area contributed by atoms with Gasteiger partial charge in [0.25, 0.3) is 5.91 Å². The lowest BCUT2D eigenvalue weighted by molar-refractivity contribution is -0.117. The first-order valence-electron chi connectivity index (χ1n) is 7.90. The maximum Gasteiger partial charge on any atom is 0.255 e. The van der Waals surface area contributed by atoms with Crippen molar-refractivity contribution < 1.29 is 9.59 Å². The van der Waals surface area contributed by atoms with Gasteiger partial charge in [-0.25, -0.2) is 0 Å². The number of hydrogen-bond acceptors (Lipinski definition) is 2. The van der Waals surface area contributed by atoms with Gasteiger partial charge in [-0.2, -0.15) is 0 Å². The van der Waals surface area contributed by atoms with Gasteiger partial charge in [0, 0.05) is 12.1 Å². The van der Waals surface area contributed by atoms with E-state index in [-0.39, 0.29) is 11.7 Å². The molecule has 3 nitrogen and oxygen atoms in total. The van der Waals surface area contributed by atoms with E-state index < -0.39 is 0 Å². The van der Waals surface area contributed by atoms with Crippen molar-refractivity contribution in [3.8, 4) is 0 Å². The smallest absolute Gasteiger partial charge is 0.255 e. The van der Waals surface area contributed by atoms with Crippen molar-refractivity contribution in [3.63, 3.8) is 0 Å². The van der Waals surface area contributed by atoms with Gasteiger partial charge in [-0.1, -0.05) is 44.0 Å². The van der Waals surface area contributed by atoms with E-state index in [9.17, 15) is 9.59 Å². The van der Waals surface area contributed by atoms with Gasteiger partial charge < -0.3 is 5.32 Å². The molecule has 0 spiro atoms. The number of carbonyl (C=O) groups is 2. The average molecular weight is 283 g/mol. The molecular weight excluding hydrogens is 262 g/mol. The highest BCUT2D eigenvalue weighted by molar-refractivity contribution is 6.34. The Morgan fingerprint density at radius 2 is 1.86 bits per heavy atom. The monoisotopic (exact) mass is 283 g/mol. The molecule has 2 aliphatic rings. The van der Waals surface area contributed by atoms with Crippen LogP contribution < -0.4 is 5.32 Å². The third-order valence-corrected chi connectivity index (χ3v) is 4.48. The summed E-state index contributed by atoms with van der Waals surface area (Å²) in [5, 5.41) is 2.88. The van der Waals surface area contributed by atoms with Crippen molar-refractivity contribution in [2.45, 2.75) is 39.0 Å². The van der Waals surface area contributed by atoms with Crippen molar-refractivity contribution in [2.24, 2.45) is 5.92 Å². The molecule has 1 fully saturated rings. The van der Waals surface area contributed by atoms with Crippen LogP contribution in [0.3, 0.4) is 0 Å². The number of fused-ring (bicyclic) bond motifs is 1. The fraction of sp³-hybridized carbons (Fsp3) is 0.444. The van der Waals surface area contributed by atoms with Gasteiger partial charge >= 0.3 is 0 Å². The topological polar surface area (TPSA) is 46.2 Å². The molecule has 0 aromatic heterocycles. The predicted octanol–water partition coefficient (Wildman–Crippen LogP) is 3.35. The zero-order valence-corrected chi connectivity index (χ0v) is 12.4. The van der Waals surface area contributed by atoms with Crippen molar-refractivity contribution in [1.82, 2.24) is 5.32 Å². The summed E-state index contributed by atoms with van der Waals surface area (Å²) in [5.41, 5.74) is 3.08. The van der Waals surface area contributed by atoms with Gasteiger partial charge in [0.15, 0.2) is 5.78 Å². The molecule has 1 saturated carbocycles. The highest BCUT2D eigenvalue weighted by atomic mass is 16.2. The lowest BCUT2D eigenvalue weighted by Crippen LogP contribution is -2.28. The highest BCUT2D eigenvalue weighted by Gasteiger charge is 2.37. The van der Waals surface area contributed by atoms with Gasteiger partial charge in [0.05, 0.1) is 5.57 Å². The highest BCUT2D eigenvalue weighted by Crippen LogP contribution is 2.44. The molecule has 0 unspecified atom stereocenters. The molecule has 0 saturated heterocycles. The van der Waals surface area contributed by atoms with Crippen LogP contribution in [0.2, 0.25) is 0 Å². The van der Waals surface area contributed by atoms with E-state index in [1.807, 2.05) is 31.2 Å². The number of carbonyl (C=O) groups excluding carboxylic acids is 2. The second-order valence-corrected chi connectivity index (χ2v) is 5.90. The summed E-state index contributed by atoms with van der Waals surface area (Å²) in [6, 6.07) is 7.65. The van der Waals surface area contributed by atoms with E-state index in [2.05, 4.69) is 5.32 Å². The van der Waals surface area contributed by atoms with Crippen LogP contribution in [0.25, 0.3) is 5.57 Å². The number of nitrogens with one attached hydrogen (secondary N) is 1. The summed E-state index contributed by atoms with van der Waals surface area (Å²) in [4.78, 5) is 25.1. The molecule has 1 aromatic carbocycles. The molecule has 0 atom stereocenters. The number of ketones is 1. The van der Waals surface area contributed by atoms with Crippen LogP contribution in [0.1, 0.15) is 54.9 Å². The molecule has 110 valence electrons. The van der Waals surface area contributed by atoms with Crippen molar-refractivity contribution in [1.29, 1.82) is 0 Å². The maximum atomic E-state index is 12.6. The molecule has 1 amide bonds. The summed E-state index contributed by atoms with van der Waals surface area (Å²) in [6.45, 7) is 2.63. The number of Topliss-reactive ketones (excluding diaryl/α,β-unsaturated/α-hetero) is 1. The van der Waals surface area contributed by atoms with E-state index in [0.29, 0.717) is 23.6 Å². The summed E-state index contributed by atoms with van der Waals surface area (Å²) in [7, 11) is 0. The summed E-state index contributed by atoms with van der Waals surface area (Å²) < 4.78 is 0. The SMILES string of the molecule is CCCNC(=O)C1=C(C2CCCC2)c2ccccc2C1=O. The fourth-order valence-corrected chi connectivity index (χ4v) is 3.50. The Labute approximate surface area is 125 Å². The van der Waals surface area contributed by atoms with E-state index in [0.717, 1.165) is 30.4 Å². The minimum absolute atomic E-state index is 0.0962. The minimum atomic E-state index is -0.194. The molecule has 3 rings (SSSR count). The van der Waals surface area contributed by atoms with Crippen LogP contribution in [0, 0.1) is 5.92 Å². The second kappa shape index (κ2) is 5.84. The van der Waals surface area contributed by atoms with Crippen molar-refractivity contribution >= 4 is 17.3 Å². The third kappa shape index (κ3) is 2.41. The minimum Gasteiger partial charge on any atom is -0.352 e. The molecule has 1 aromatic rings. The second-order valence-electron chi connectivity index (χ2n) is 5.90. The molecule has 2 aliphatic carbocycles. The molecule has 0 heterocycles. The first-order chi connectivity index (χ1) is 10.2. The van der Waals surface area contributed by atoms with Crippen LogP contribution in [-0.4, -0.2) is 18.2 Å². The Kier molecular flexibility index (Phi) is 3.91. The number of hydrogen-bond donors (Lipinski definition) is 1. The first-order valence-corrected chi connectivity index (χ1v) is 7.90. The maximum absolute atomic E-state index is 12.6. The molecule has 0 aliphatic heterocycles. The van der Waals surface area contributed by atoms with Crippen LogP contribution in [0.4, 0.5) is 0 Å². The Bertz CT molecular complexity index is 609. The van der Waals surface area contributed by atoms with E-state index in [4.69, 9.17) is 0 Å². The van der Waals surface area contributed by atoms with Crippen molar-refractivity contribution in [2.75, 3.05) is 6.54 Å². The largest absolute Gasteiger partial charge is 0.352 e. The van der Waals surface area contributed by atoms with Gasteiger partial charge in [0.1, 0.15) is 0 Å². The zero-order valence-electron chi connectivity index (χ0n) is 12.4. The third-order valence-electron chi connectivity index (χ3n) is 4.48. The standard InChI is InChI=1S/C18H21NO2/c1-2-11-19-18(21)16-15(12-7-3-4-8-12)13-9-5-6-10-14(13)17(16)20/h5-6,9-10,12H,2-4,7-8,11H2,1H3,(H,19,21). The first kappa shape index (κ1) is 14.1. The molecule has 0 bridgehead atoms.